The van der Waals surface area contributed by atoms with Gasteiger partial charge < -0.3 is 15.4 Å². The smallest absolute Gasteiger partial charge is 0.253 e. The Morgan fingerprint density at radius 2 is 2.22 bits per heavy atom. The lowest BCUT2D eigenvalue weighted by Gasteiger charge is -2.12. The Bertz CT molecular complexity index is 841. The van der Waals surface area contributed by atoms with Gasteiger partial charge in [0, 0.05) is 38.0 Å². The van der Waals surface area contributed by atoms with Crippen LogP contribution in [0.1, 0.15) is 36.3 Å². The summed E-state index contributed by atoms with van der Waals surface area (Å²) in [5.74, 6) is 0.260. The standard InChI is InChI=1S/C20H24N4O3/c1-24-12-14(11-22-24)16-9-17(16)19(25)21-10-13-4-2-5-15(8-13)23-20(26)18-6-3-7-27-18/h2,4-5,8,11-12,16-18H,3,6-7,9-10H2,1H3,(H,21,25)(H,23,26)/t16-,17+,18+/m0/s1. The molecule has 0 radical (unpaired) electrons. The molecule has 1 aromatic carbocycles. The summed E-state index contributed by atoms with van der Waals surface area (Å²) in [7, 11) is 1.88. The van der Waals surface area contributed by atoms with Gasteiger partial charge in [-0.3, -0.25) is 14.3 Å². The van der Waals surface area contributed by atoms with Crippen LogP contribution in [-0.4, -0.2) is 34.3 Å². The molecule has 0 spiro atoms. The molecule has 4 rings (SSSR count). The molecule has 0 bridgehead atoms. The van der Waals surface area contributed by atoms with Crippen LogP contribution in [0.5, 0.6) is 0 Å². The van der Waals surface area contributed by atoms with Crippen LogP contribution in [0.2, 0.25) is 0 Å². The molecule has 1 aliphatic carbocycles. The summed E-state index contributed by atoms with van der Waals surface area (Å²) < 4.78 is 7.17. The number of carbonyl (C=O) groups excluding carboxylic acids is 2. The van der Waals surface area contributed by atoms with Gasteiger partial charge in [0.05, 0.1) is 6.20 Å². The number of nitrogens with one attached hydrogen (secondary N) is 2. The number of hydrogen-bond donors (Lipinski definition) is 2. The van der Waals surface area contributed by atoms with Crippen LogP contribution >= 0.6 is 0 Å². The number of carbonyl (C=O) groups is 2. The van der Waals surface area contributed by atoms with Gasteiger partial charge in [0.25, 0.3) is 5.91 Å². The van der Waals surface area contributed by atoms with Gasteiger partial charge in [0.15, 0.2) is 0 Å². The lowest BCUT2D eigenvalue weighted by Crippen LogP contribution is -2.27. The van der Waals surface area contributed by atoms with E-state index in [1.54, 1.807) is 4.68 Å². The predicted octanol–water partition coefficient (Wildman–Crippen LogP) is 1.96. The zero-order chi connectivity index (χ0) is 18.8. The SMILES string of the molecule is Cn1cc([C@@H]2C[C@H]2C(=O)NCc2cccc(NC(=O)[C@H]3CCCO3)c2)cn1. The van der Waals surface area contributed by atoms with E-state index in [1.165, 1.54) is 0 Å². The molecular weight excluding hydrogens is 344 g/mol. The van der Waals surface area contributed by atoms with Crippen LogP contribution in [0.15, 0.2) is 36.7 Å². The Balaban J connectivity index is 1.28. The van der Waals surface area contributed by atoms with Crippen molar-refractivity contribution in [2.24, 2.45) is 13.0 Å². The van der Waals surface area contributed by atoms with Crippen LogP contribution in [0.4, 0.5) is 5.69 Å². The molecule has 2 amide bonds. The highest BCUT2D eigenvalue weighted by molar-refractivity contribution is 5.94. The molecule has 1 saturated carbocycles. The molecule has 0 unspecified atom stereocenters. The summed E-state index contributed by atoms with van der Waals surface area (Å²) in [6.45, 7) is 1.09. The first-order chi connectivity index (χ1) is 13.1. The molecule has 7 heteroatoms. The topological polar surface area (TPSA) is 85.2 Å². The number of aromatic nitrogens is 2. The number of nitrogens with zero attached hydrogens (tertiary/aromatic N) is 2. The zero-order valence-corrected chi connectivity index (χ0v) is 15.4. The lowest BCUT2D eigenvalue weighted by molar-refractivity contribution is -0.124. The summed E-state index contributed by atoms with van der Waals surface area (Å²) in [5.41, 5.74) is 2.80. The van der Waals surface area contributed by atoms with E-state index in [9.17, 15) is 9.59 Å². The first kappa shape index (κ1) is 17.7. The van der Waals surface area contributed by atoms with Crippen molar-refractivity contribution in [3.8, 4) is 0 Å². The van der Waals surface area contributed by atoms with E-state index in [-0.39, 0.29) is 29.8 Å². The van der Waals surface area contributed by atoms with Crippen LogP contribution in [0.3, 0.4) is 0 Å². The van der Waals surface area contributed by atoms with Gasteiger partial charge in [0.2, 0.25) is 5.91 Å². The summed E-state index contributed by atoms with van der Waals surface area (Å²) in [5, 5.41) is 10.1. The summed E-state index contributed by atoms with van der Waals surface area (Å²) >= 11 is 0. The van der Waals surface area contributed by atoms with Crippen molar-refractivity contribution in [1.82, 2.24) is 15.1 Å². The minimum Gasteiger partial charge on any atom is -0.368 e. The molecule has 2 aliphatic rings. The Labute approximate surface area is 158 Å². The highest BCUT2D eigenvalue weighted by atomic mass is 16.5. The Kier molecular flexibility index (Phi) is 4.94. The second kappa shape index (κ2) is 7.52. The molecule has 1 saturated heterocycles. The van der Waals surface area contributed by atoms with Crippen LogP contribution in [0, 0.1) is 5.92 Å². The summed E-state index contributed by atoms with van der Waals surface area (Å²) in [6.07, 6.45) is 6.00. The second-order valence-corrected chi connectivity index (χ2v) is 7.31. The van der Waals surface area contributed by atoms with Gasteiger partial charge in [-0.1, -0.05) is 12.1 Å². The Hall–Kier alpha value is -2.67. The third-order valence-electron chi connectivity index (χ3n) is 5.16. The van der Waals surface area contributed by atoms with Crippen molar-refractivity contribution >= 4 is 17.5 Å². The highest BCUT2D eigenvalue weighted by Gasteiger charge is 2.44. The fourth-order valence-electron chi connectivity index (χ4n) is 3.57. The zero-order valence-electron chi connectivity index (χ0n) is 15.4. The third-order valence-corrected chi connectivity index (χ3v) is 5.16. The lowest BCUT2D eigenvalue weighted by atomic mass is 10.1. The Morgan fingerprint density at radius 3 is 2.96 bits per heavy atom. The molecule has 142 valence electrons. The molecule has 7 nitrogen and oxygen atoms in total. The number of benzene rings is 1. The van der Waals surface area contributed by atoms with Gasteiger partial charge in [-0.2, -0.15) is 5.10 Å². The maximum atomic E-state index is 12.4. The number of amides is 2. The van der Waals surface area contributed by atoms with Crippen molar-refractivity contribution in [1.29, 1.82) is 0 Å². The highest BCUT2D eigenvalue weighted by Crippen LogP contribution is 2.47. The maximum absolute atomic E-state index is 12.4. The van der Waals surface area contributed by atoms with E-state index >= 15 is 0 Å². The Morgan fingerprint density at radius 1 is 1.33 bits per heavy atom. The fourth-order valence-corrected chi connectivity index (χ4v) is 3.57. The van der Waals surface area contributed by atoms with E-state index in [2.05, 4.69) is 15.7 Å². The number of rotatable bonds is 6. The van der Waals surface area contributed by atoms with E-state index in [1.807, 2.05) is 43.7 Å². The van der Waals surface area contributed by atoms with Gasteiger partial charge >= 0.3 is 0 Å². The van der Waals surface area contributed by atoms with Crippen LogP contribution < -0.4 is 10.6 Å². The summed E-state index contributed by atoms with van der Waals surface area (Å²) in [6, 6.07) is 7.55. The molecule has 27 heavy (non-hydrogen) atoms. The first-order valence-electron chi connectivity index (χ1n) is 9.38. The molecule has 1 aromatic heterocycles. The molecule has 3 atom stereocenters. The molecule has 2 aromatic rings. The minimum atomic E-state index is -0.354. The largest absolute Gasteiger partial charge is 0.368 e. The molecule has 1 aliphatic heterocycles. The number of ether oxygens (including phenoxy) is 1. The summed E-state index contributed by atoms with van der Waals surface area (Å²) in [4.78, 5) is 24.5. The van der Waals surface area contributed by atoms with E-state index in [0.717, 1.165) is 36.1 Å². The molecule has 2 heterocycles. The van der Waals surface area contributed by atoms with Crippen LogP contribution in [0.25, 0.3) is 0 Å². The average molecular weight is 368 g/mol. The maximum Gasteiger partial charge on any atom is 0.253 e. The van der Waals surface area contributed by atoms with Crippen LogP contribution in [-0.2, 0) is 27.9 Å². The van der Waals surface area contributed by atoms with Crippen molar-refractivity contribution in [3.05, 3.63) is 47.8 Å². The molecule has 2 N–H and O–H groups in total. The van der Waals surface area contributed by atoms with E-state index in [0.29, 0.717) is 13.2 Å². The number of hydrogen-bond acceptors (Lipinski definition) is 4. The first-order valence-corrected chi connectivity index (χ1v) is 9.38. The van der Waals surface area contributed by atoms with Gasteiger partial charge in [-0.05, 0) is 48.4 Å². The fraction of sp³-hybridized carbons (Fsp3) is 0.450. The van der Waals surface area contributed by atoms with Crippen molar-refractivity contribution in [3.63, 3.8) is 0 Å². The van der Waals surface area contributed by atoms with Crippen molar-refractivity contribution in [2.45, 2.75) is 37.8 Å². The average Bonchev–Trinajstić information content (AvgIpc) is 3.05. The monoisotopic (exact) mass is 368 g/mol. The van der Waals surface area contributed by atoms with E-state index < -0.39 is 0 Å². The van der Waals surface area contributed by atoms with E-state index in [4.69, 9.17) is 4.74 Å². The molecule has 2 fully saturated rings. The minimum absolute atomic E-state index is 0.0246. The predicted molar refractivity (Wildman–Crippen MR) is 99.9 cm³/mol. The molecular formula is C20H24N4O3. The number of anilines is 1. The normalized spacial score (nSPS) is 23.8. The van der Waals surface area contributed by atoms with Crippen molar-refractivity contribution < 1.29 is 14.3 Å². The van der Waals surface area contributed by atoms with Gasteiger partial charge in [-0.25, -0.2) is 0 Å². The second-order valence-electron chi connectivity index (χ2n) is 7.31. The number of aryl methyl sites for hydroxylation is 1. The van der Waals surface area contributed by atoms with Gasteiger partial charge in [-0.15, -0.1) is 0 Å². The van der Waals surface area contributed by atoms with Crippen molar-refractivity contribution in [2.75, 3.05) is 11.9 Å². The van der Waals surface area contributed by atoms with Gasteiger partial charge in [0.1, 0.15) is 6.10 Å². The third kappa shape index (κ3) is 4.19. The quantitative estimate of drug-likeness (QED) is 0.816.